The fourth-order valence-corrected chi connectivity index (χ4v) is 3.17. The zero-order valence-corrected chi connectivity index (χ0v) is 12.6. The SMILES string of the molecule is CCCC1(CNCc2ccc(Cl)cc2Br)CC1. The standard InChI is InChI=1S/C14H19BrClN/c1-2-5-14(6-7-14)10-17-9-11-3-4-12(16)8-13(11)15/h3-4,8,17H,2,5-7,9-10H2,1H3. The largest absolute Gasteiger partial charge is 0.312 e. The third-order valence-electron chi connectivity index (χ3n) is 3.57. The van der Waals surface area contributed by atoms with E-state index in [1.165, 1.54) is 31.2 Å². The maximum atomic E-state index is 5.92. The zero-order valence-electron chi connectivity index (χ0n) is 10.2. The van der Waals surface area contributed by atoms with Gasteiger partial charge >= 0.3 is 0 Å². The van der Waals surface area contributed by atoms with Crippen LogP contribution in [0.1, 0.15) is 38.2 Å². The molecule has 0 bridgehead atoms. The van der Waals surface area contributed by atoms with Gasteiger partial charge < -0.3 is 5.32 Å². The molecule has 0 heterocycles. The zero-order chi connectivity index (χ0) is 12.3. The van der Waals surface area contributed by atoms with Gasteiger partial charge in [-0.2, -0.15) is 0 Å². The van der Waals surface area contributed by atoms with Crippen LogP contribution >= 0.6 is 27.5 Å². The highest BCUT2D eigenvalue weighted by molar-refractivity contribution is 9.10. The van der Waals surface area contributed by atoms with E-state index in [4.69, 9.17) is 11.6 Å². The van der Waals surface area contributed by atoms with Gasteiger partial charge in [0, 0.05) is 22.6 Å². The van der Waals surface area contributed by atoms with Gasteiger partial charge in [-0.3, -0.25) is 0 Å². The molecule has 0 saturated heterocycles. The highest BCUT2D eigenvalue weighted by atomic mass is 79.9. The van der Waals surface area contributed by atoms with E-state index in [-0.39, 0.29) is 0 Å². The average molecular weight is 317 g/mol. The molecule has 2 rings (SSSR count). The highest BCUT2D eigenvalue weighted by Gasteiger charge is 2.40. The summed E-state index contributed by atoms with van der Waals surface area (Å²) in [5.41, 5.74) is 1.90. The average Bonchev–Trinajstić information content (AvgIpc) is 3.02. The summed E-state index contributed by atoms with van der Waals surface area (Å²) in [7, 11) is 0. The van der Waals surface area contributed by atoms with Crippen molar-refractivity contribution in [1.82, 2.24) is 5.32 Å². The predicted octanol–water partition coefficient (Wildman–Crippen LogP) is 4.77. The first-order valence-corrected chi connectivity index (χ1v) is 7.47. The lowest BCUT2D eigenvalue weighted by Gasteiger charge is -2.15. The van der Waals surface area contributed by atoms with Crippen molar-refractivity contribution >= 4 is 27.5 Å². The molecule has 0 aromatic heterocycles. The molecule has 94 valence electrons. The van der Waals surface area contributed by atoms with Crippen LogP contribution in [0.2, 0.25) is 5.02 Å². The Labute approximate surface area is 117 Å². The quantitative estimate of drug-likeness (QED) is 0.797. The van der Waals surface area contributed by atoms with Crippen LogP contribution in [0.3, 0.4) is 0 Å². The molecule has 1 N–H and O–H groups in total. The lowest BCUT2D eigenvalue weighted by Crippen LogP contribution is -2.23. The Morgan fingerprint density at radius 1 is 1.41 bits per heavy atom. The third-order valence-corrected chi connectivity index (χ3v) is 4.54. The van der Waals surface area contributed by atoms with Crippen molar-refractivity contribution in [2.75, 3.05) is 6.54 Å². The van der Waals surface area contributed by atoms with Gasteiger partial charge in [0.15, 0.2) is 0 Å². The van der Waals surface area contributed by atoms with E-state index in [1.807, 2.05) is 12.1 Å². The van der Waals surface area contributed by atoms with Gasteiger partial charge in [0.05, 0.1) is 0 Å². The summed E-state index contributed by atoms with van der Waals surface area (Å²) < 4.78 is 1.10. The maximum absolute atomic E-state index is 5.92. The summed E-state index contributed by atoms with van der Waals surface area (Å²) in [6.07, 6.45) is 5.46. The molecule has 1 nitrogen and oxygen atoms in total. The number of hydrogen-bond donors (Lipinski definition) is 1. The van der Waals surface area contributed by atoms with Crippen molar-refractivity contribution < 1.29 is 0 Å². The Bertz CT molecular complexity index is 388. The first-order valence-electron chi connectivity index (χ1n) is 6.30. The molecule has 0 aliphatic heterocycles. The van der Waals surface area contributed by atoms with Crippen LogP contribution in [0, 0.1) is 5.41 Å². The second kappa shape index (κ2) is 5.73. The van der Waals surface area contributed by atoms with E-state index in [2.05, 4.69) is 34.2 Å². The van der Waals surface area contributed by atoms with Crippen molar-refractivity contribution in [2.45, 2.75) is 39.2 Å². The molecule has 0 radical (unpaired) electrons. The van der Waals surface area contributed by atoms with Crippen LogP contribution in [0.5, 0.6) is 0 Å². The number of halogens is 2. The number of hydrogen-bond acceptors (Lipinski definition) is 1. The van der Waals surface area contributed by atoms with Crippen LogP contribution in [0.4, 0.5) is 0 Å². The summed E-state index contributed by atoms with van der Waals surface area (Å²) in [5.74, 6) is 0. The summed E-state index contributed by atoms with van der Waals surface area (Å²) in [6.45, 7) is 4.34. The van der Waals surface area contributed by atoms with Crippen LogP contribution in [-0.4, -0.2) is 6.54 Å². The van der Waals surface area contributed by atoms with Crippen LogP contribution in [0.25, 0.3) is 0 Å². The first-order chi connectivity index (χ1) is 8.15. The molecular formula is C14H19BrClN. The molecule has 1 aliphatic rings. The fourth-order valence-electron chi connectivity index (χ4n) is 2.35. The van der Waals surface area contributed by atoms with E-state index in [1.54, 1.807) is 0 Å². The van der Waals surface area contributed by atoms with Crippen LogP contribution in [-0.2, 0) is 6.54 Å². The van der Waals surface area contributed by atoms with Crippen molar-refractivity contribution in [3.63, 3.8) is 0 Å². The molecular weight excluding hydrogens is 298 g/mol. The van der Waals surface area contributed by atoms with Crippen molar-refractivity contribution in [3.8, 4) is 0 Å². The Kier molecular flexibility index (Phi) is 4.51. The molecule has 1 aromatic rings. The molecule has 1 saturated carbocycles. The normalized spacial score (nSPS) is 17.1. The van der Waals surface area contributed by atoms with Gasteiger partial charge in [-0.1, -0.05) is 46.9 Å². The topological polar surface area (TPSA) is 12.0 Å². The Hall–Kier alpha value is -0.0500. The minimum Gasteiger partial charge on any atom is -0.312 e. The monoisotopic (exact) mass is 315 g/mol. The Balaban J connectivity index is 1.82. The minimum absolute atomic E-state index is 0.619. The lowest BCUT2D eigenvalue weighted by atomic mass is 10.0. The molecule has 17 heavy (non-hydrogen) atoms. The van der Waals surface area contributed by atoms with Gasteiger partial charge in [-0.25, -0.2) is 0 Å². The highest BCUT2D eigenvalue weighted by Crippen LogP contribution is 2.48. The fraction of sp³-hybridized carbons (Fsp3) is 0.571. The second-order valence-corrected chi connectivity index (χ2v) is 6.38. The summed E-state index contributed by atoms with van der Waals surface area (Å²) in [4.78, 5) is 0. The summed E-state index contributed by atoms with van der Waals surface area (Å²) in [5, 5.41) is 4.36. The molecule has 1 aromatic carbocycles. The van der Waals surface area contributed by atoms with E-state index >= 15 is 0 Å². The molecule has 0 unspecified atom stereocenters. The van der Waals surface area contributed by atoms with Crippen molar-refractivity contribution in [3.05, 3.63) is 33.3 Å². The van der Waals surface area contributed by atoms with Crippen molar-refractivity contribution in [2.24, 2.45) is 5.41 Å². The maximum Gasteiger partial charge on any atom is 0.0417 e. The number of nitrogens with one attached hydrogen (secondary N) is 1. The first kappa shape index (κ1) is 13.4. The number of benzene rings is 1. The van der Waals surface area contributed by atoms with E-state index in [0.29, 0.717) is 5.41 Å². The molecule has 3 heteroatoms. The van der Waals surface area contributed by atoms with E-state index < -0.39 is 0 Å². The Morgan fingerprint density at radius 3 is 2.76 bits per heavy atom. The van der Waals surface area contributed by atoms with Gasteiger partial charge in [0.2, 0.25) is 0 Å². The van der Waals surface area contributed by atoms with Crippen LogP contribution < -0.4 is 5.32 Å². The molecule has 0 spiro atoms. The molecule has 1 fully saturated rings. The van der Waals surface area contributed by atoms with Gasteiger partial charge in [0.25, 0.3) is 0 Å². The van der Waals surface area contributed by atoms with Crippen molar-refractivity contribution in [1.29, 1.82) is 0 Å². The Morgan fingerprint density at radius 2 is 2.18 bits per heavy atom. The van der Waals surface area contributed by atoms with E-state index in [0.717, 1.165) is 22.6 Å². The lowest BCUT2D eigenvalue weighted by molar-refractivity contribution is 0.420. The van der Waals surface area contributed by atoms with Gasteiger partial charge in [-0.05, 0) is 42.4 Å². The smallest absolute Gasteiger partial charge is 0.0417 e. The number of rotatable bonds is 6. The second-order valence-electron chi connectivity index (χ2n) is 5.09. The van der Waals surface area contributed by atoms with Gasteiger partial charge in [0.1, 0.15) is 0 Å². The third kappa shape index (κ3) is 3.70. The predicted molar refractivity (Wildman–Crippen MR) is 77.4 cm³/mol. The molecule has 0 amide bonds. The summed E-state index contributed by atoms with van der Waals surface area (Å²) in [6, 6.07) is 5.98. The minimum atomic E-state index is 0.619. The summed E-state index contributed by atoms with van der Waals surface area (Å²) >= 11 is 9.47. The van der Waals surface area contributed by atoms with Gasteiger partial charge in [-0.15, -0.1) is 0 Å². The molecule has 1 aliphatic carbocycles. The van der Waals surface area contributed by atoms with Crippen LogP contribution in [0.15, 0.2) is 22.7 Å². The van der Waals surface area contributed by atoms with E-state index in [9.17, 15) is 0 Å². The molecule has 0 atom stereocenters.